The summed E-state index contributed by atoms with van der Waals surface area (Å²) in [4.78, 5) is 23.3. The van der Waals surface area contributed by atoms with Gasteiger partial charge in [0.05, 0.1) is 16.6 Å². The summed E-state index contributed by atoms with van der Waals surface area (Å²) in [5.74, 6) is -0.457. The summed E-state index contributed by atoms with van der Waals surface area (Å²) in [6.07, 6.45) is 0. The first-order valence-corrected chi connectivity index (χ1v) is 7.61. The van der Waals surface area contributed by atoms with Crippen molar-refractivity contribution in [1.82, 2.24) is 10.6 Å². The number of imide groups is 1. The molecule has 2 aromatic rings. The molecule has 23 heavy (non-hydrogen) atoms. The van der Waals surface area contributed by atoms with Crippen molar-refractivity contribution >= 4 is 40.8 Å². The molecule has 7 heteroatoms. The first-order chi connectivity index (χ1) is 11.0. The van der Waals surface area contributed by atoms with Crippen LogP contribution in [0.25, 0.3) is 0 Å². The van der Waals surface area contributed by atoms with Gasteiger partial charge in [-0.1, -0.05) is 53.5 Å². The summed E-state index contributed by atoms with van der Waals surface area (Å²) in [5.41, 5.74) is 1.59. The number of rotatable bonds is 5. The molecule has 0 saturated carbocycles. The lowest BCUT2D eigenvalue weighted by Crippen LogP contribution is -2.41. The molecule has 2 aromatic carbocycles. The molecule has 0 aliphatic carbocycles. The fourth-order valence-electron chi connectivity index (χ4n) is 1.78. The van der Waals surface area contributed by atoms with Crippen molar-refractivity contribution in [1.29, 1.82) is 0 Å². The van der Waals surface area contributed by atoms with E-state index in [1.54, 1.807) is 18.2 Å². The van der Waals surface area contributed by atoms with Crippen LogP contribution in [0.2, 0.25) is 10.0 Å². The maximum atomic E-state index is 11.7. The first-order valence-electron chi connectivity index (χ1n) is 6.85. The molecule has 3 N–H and O–H groups in total. The highest BCUT2D eigenvalue weighted by Gasteiger charge is 2.07. The lowest BCUT2D eigenvalue weighted by Gasteiger charge is -2.09. The third kappa shape index (κ3) is 5.81. The van der Waals surface area contributed by atoms with Crippen LogP contribution in [-0.2, 0) is 11.3 Å². The number of hydrogen-bond acceptors (Lipinski definition) is 3. The Morgan fingerprint density at radius 1 is 0.957 bits per heavy atom. The Hall–Kier alpha value is -2.24. The normalized spacial score (nSPS) is 10.0. The van der Waals surface area contributed by atoms with Gasteiger partial charge >= 0.3 is 6.03 Å². The zero-order valence-corrected chi connectivity index (χ0v) is 13.6. The van der Waals surface area contributed by atoms with Crippen LogP contribution in [0.4, 0.5) is 10.5 Å². The van der Waals surface area contributed by atoms with Crippen LogP contribution in [0.15, 0.2) is 48.5 Å². The molecule has 0 atom stereocenters. The molecule has 5 nitrogen and oxygen atoms in total. The molecular weight excluding hydrogens is 337 g/mol. The van der Waals surface area contributed by atoms with Gasteiger partial charge in [0.15, 0.2) is 0 Å². The molecule has 0 aliphatic rings. The predicted octanol–water partition coefficient (Wildman–Crippen LogP) is 3.43. The van der Waals surface area contributed by atoms with E-state index in [1.165, 1.54) is 0 Å². The Labute approximate surface area is 144 Å². The first kappa shape index (κ1) is 17.1. The Bertz CT molecular complexity index is 693. The second-order valence-corrected chi connectivity index (χ2v) is 5.51. The molecule has 0 saturated heterocycles. The lowest BCUT2D eigenvalue weighted by atomic mass is 10.2. The van der Waals surface area contributed by atoms with Crippen molar-refractivity contribution in [2.24, 2.45) is 0 Å². The minimum Gasteiger partial charge on any atom is -0.376 e. The lowest BCUT2D eigenvalue weighted by molar-refractivity contribution is -0.118. The molecule has 3 amide bonds. The molecule has 0 heterocycles. The average Bonchev–Trinajstić information content (AvgIpc) is 2.55. The minimum absolute atomic E-state index is 0.0588. The van der Waals surface area contributed by atoms with Crippen molar-refractivity contribution in [2.45, 2.75) is 6.54 Å². The van der Waals surface area contributed by atoms with E-state index in [-0.39, 0.29) is 6.54 Å². The third-order valence-electron chi connectivity index (χ3n) is 2.92. The molecule has 0 spiro atoms. The zero-order chi connectivity index (χ0) is 16.7. The monoisotopic (exact) mass is 351 g/mol. The number of amides is 3. The molecule has 2 rings (SSSR count). The van der Waals surface area contributed by atoms with Crippen LogP contribution in [0, 0.1) is 0 Å². The Balaban J connectivity index is 1.73. The molecule has 0 bridgehead atoms. The van der Waals surface area contributed by atoms with Gasteiger partial charge in [0.25, 0.3) is 0 Å². The standard InChI is InChI=1S/C16H15Cl2N3O2/c17-13-7-6-12(8-14(13)18)19-10-15(22)21-16(23)20-9-11-4-2-1-3-5-11/h1-8,19H,9-10H2,(H2,20,21,22,23). The number of benzene rings is 2. The number of anilines is 1. The number of urea groups is 1. The number of carbonyl (C=O) groups excluding carboxylic acids is 2. The van der Waals surface area contributed by atoms with Gasteiger partial charge in [-0.3, -0.25) is 10.1 Å². The summed E-state index contributed by atoms with van der Waals surface area (Å²) >= 11 is 11.7. The van der Waals surface area contributed by atoms with Crippen LogP contribution in [0.3, 0.4) is 0 Å². The van der Waals surface area contributed by atoms with Gasteiger partial charge in [0.1, 0.15) is 0 Å². The van der Waals surface area contributed by atoms with E-state index in [0.29, 0.717) is 22.3 Å². The Kier molecular flexibility index (Phi) is 6.26. The van der Waals surface area contributed by atoms with Crippen LogP contribution in [0.1, 0.15) is 5.56 Å². The molecule has 120 valence electrons. The fraction of sp³-hybridized carbons (Fsp3) is 0.125. The summed E-state index contributed by atoms with van der Waals surface area (Å²) in [5, 5.41) is 8.52. The number of carbonyl (C=O) groups is 2. The maximum absolute atomic E-state index is 11.7. The van der Waals surface area contributed by atoms with Gasteiger partial charge in [-0.25, -0.2) is 4.79 Å². The van der Waals surface area contributed by atoms with E-state index >= 15 is 0 Å². The Morgan fingerprint density at radius 2 is 1.70 bits per heavy atom. The van der Waals surface area contributed by atoms with Gasteiger partial charge in [0.2, 0.25) is 5.91 Å². The van der Waals surface area contributed by atoms with Crippen LogP contribution < -0.4 is 16.0 Å². The minimum atomic E-state index is -0.546. The third-order valence-corrected chi connectivity index (χ3v) is 3.66. The highest BCUT2D eigenvalue weighted by Crippen LogP contribution is 2.24. The van der Waals surface area contributed by atoms with E-state index in [9.17, 15) is 9.59 Å². The van der Waals surface area contributed by atoms with E-state index < -0.39 is 11.9 Å². The molecule has 0 aliphatic heterocycles. The topological polar surface area (TPSA) is 70.2 Å². The second kappa shape index (κ2) is 8.41. The quantitative estimate of drug-likeness (QED) is 0.772. The van der Waals surface area contributed by atoms with Crippen LogP contribution >= 0.6 is 23.2 Å². The zero-order valence-electron chi connectivity index (χ0n) is 12.1. The predicted molar refractivity (Wildman–Crippen MR) is 91.8 cm³/mol. The van der Waals surface area contributed by atoms with Crippen molar-refractivity contribution in [3.8, 4) is 0 Å². The highest BCUT2D eigenvalue weighted by molar-refractivity contribution is 6.42. The average molecular weight is 352 g/mol. The second-order valence-electron chi connectivity index (χ2n) is 4.70. The molecule has 0 fully saturated rings. The largest absolute Gasteiger partial charge is 0.376 e. The number of hydrogen-bond donors (Lipinski definition) is 3. The van der Waals surface area contributed by atoms with Crippen molar-refractivity contribution in [3.05, 3.63) is 64.1 Å². The maximum Gasteiger partial charge on any atom is 0.321 e. The van der Waals surface area contributed by atoms with E-state index in [1.807, 2.05) is 30.3 Å². The summed E-state index contributed by atoms with van der Waals surface area (Å²) in [6, 6.07) is 13.8. The van der Waals surface area contributed by atoms with E-state index in [4.69, 9.17) is 23.2 Å². The summed E-state index contributed by atoms with van der Waals surface area (Å²) in [7, 11) is 0. The van der Waals surface area contributed by atoms with Gasteiger partial charge in [-0.15, -0.1) is 0 Å². The van der Waals surface area contributed by atoms with Gasteiger partial charge in [-0.05, 0) is 23.8 Å². The molecular formula is C16H15Cl2N3O2. The number of nitrogens with one attached hydrogen (secondary N) is 3. The summed E-state index contributed by atoms with van der Waals surface area (Å²) in [6.45, 7) is 0.289. The van der Waals surface area contributed by atoms with E-state index in [0.717, 1.165) is 5.56 Å². The summed E-state index contributed by atoms with van der Waals surface area (Å²) < 4.78 is 0. The van der Waals surface area contributed by atoms with Gasteiger partial charge < -0.3 is 10.6 Å². The SMILES string of the molecule is O=C(CNc1ccc(Cl)c(Cl)c1)NC(=O)NCc1ccccc1. The van der Waals surface area contributed by atoms with Crippen molar-refractivity contribution < 1.29 is 9.59 Å². The fourth-order valence-corrected chi connectivity index (χ4v) is 2.08. The van der Waals surface area contributed by atoms with Gasteiger partial charge in [-0.2, -0.15) is 0 Å². The Morgan fingerprint density at radius 3 is 2.39 bits per heavy atom. The smallest absolute Gasteiger partial charge is 0.321 e. The molecule has 0 unspecified atom stereocenters. The number of halogens is 2. The molecule has 0 aromatic heterocycles. The van der Waals surface area contributed by atoms with E-state index in [2.05, 4.69) is 16.0 Å². The highest BCUT2D eigenvalue weighted by atomic mass is 35.5. The van der Waals surface area contributed by atoms with Crippen molar-refractivity contribution in [2.75, 3.05) is 11.9 Å². The van der Waals surface area contributed by atoms with Crippen molar-refractivity contribution in [3.63, 3.8) is 0 Å². The van der Waals surface area contributed by atoms with Crippen LogP contribution in [-0.4, -0.2) is 18.5 Å². The molecule has 0 radical (unpaired) electrons. The van der Waals surface area contributed by atoms with Gasteiger partial charge in [0, 0.05) is 12.2 Å². The van der Waals surface area contributed by atoms with Crippen LogP contribution in [0.5, 0.6) is 0 Å².